The van der Waals surface area contributed by atoms with E-state index >= 15 is 4.39 Å². The van der Waals surface area contributed by atoms with Gasteiger partial charge >= 0.3 is 5.69 Å². The van der Waals surface area contributed by atoms with Gasteiger partial charge in [-0.25, -0.2) is 9.18 Å². The molecule has 2 saturated heterocycles. The van der Waals surface area contributed by atoms with Crippen LogP contribution < -0.4 is 11.2 Å². The van der Waals surface area contributed by atoms with Gasteiger partial charge in [-0.15, -0.1) is 0 Å². The van der Waals surface area contributed by atoms with Crippen LogP contribution in [0.4, 0.5) is 4.39 Å². The summed E-state index contributed by atoms with van der Waals surface area (Å²) in [6.07, 6.45) is -1.10. The Kier molecular flexibility index (Phi) is 6.01. The van der Waals surface area contributed by atoms with E-state index in [1.54, 1.807) is 0 Å². The first-order valence-electron chi connectivity index (χ1n) is 8.21. The largest absolute Gasteiger partial charge is 0.363 e. The van der Waals surface area contributed by atoms with E-state index in [9.17, 15) is 9.59 Å². The van der Waals surface area contributed by atoms with Crippen molar-refractivity contribution in [3.63, 3.8) is 0 Å². The molecule has 6 unspecified atom stereocenters. The van der Waals surface area contributed by atoms with E-state index in [0.29, 0.717) is 13.0 Å². The highest BCUT2D eigenvalue weighted by Gasteiger charge is 2.48. The van der Waals surface area contributed by atoms with E-state index in [4.69, 9.17) is 18.7 Å². The van der Waals surface area contributed by atoms with Crippen molar-refractivity contribution >= 4 is 9.47 Å². The summed E-state index contributed by atoms with van der Waals surface area (Å²) < 4.78 is 38.1. The van der Waals surface area contributed by atoms with Crippen molar-refractivity contribution in [1.29, 1.82) is 0 Å². The quantitative estimate of drug-likeness (QED) is 0.765. The normalized spacial score (nSPS) is 32.8. The van der Waals surface area contributed by atoms with Crippen molar-refractivity contribution in [2.45, 2.75) is 57.1 Å². The number of alkyl halides is 1. The number of aromatic amines is 1. The van der Waals surface area contributed by atoms with Crippen LogP contribution in [0.1, 0.15) is 31.1 Å². The molecule has 2 fully saturated rings. The third kappa shape index (κ3) is 4.01. The van der Waals surface area contributed by atoms with Crippen molar-refractivity contribution in [3.05, 3.63) is 32.6 Å². The second kappa shape index (κ2) is 8.05. The number of ether oxygens (including phenoxy) is 3. The number of aryl methyl sites for hydroxylation is 1. The predicted octanol–water partition coefficient (Wildman–Crippen LogP) is 0.799. The van der Waals surface area contributed by atoms with Gasteiger partial charge in [-0.1, -0.05) is 0 Å². The Hall–Kier alpha value is -1.12. The number of nitrogens with zero attached hydrogens (tertiary/aromatic N) is 1. The molecule has 1 aromatic heterocycles. The maximum absolute atomic E-state index is 15.1. The zero-order valence-corrected chi connectivity index (χ0v) is 15.0. The van der Waals surface area contributed by atoms with Crippen LogP contribution in [0, 0.1) is 6.92 Å². The van der Waals surface area contributed by atoms with Gasteiger partial charge in [-0.2, -0.15) is 0 Å². The summed E-state index contributed by atoms with van der Waals surface area (Å²) in [7, 11) is 2.08. The van der Waals surface area contributed by atoms with Gasteiger partial charge < -0.3 is 18.7 Å². The van der Waals surface area contributed by atoms with Gasteiger partial charge in [0.15, 0.2) is 18.7 Å². The van der Waals surface area contributed by atoms with Crippen LogP contribution in [0.15, 0.2) is 15.8 Å². The Morgan fingerprint density at radius 1 is 1.44 bits per heavy atom. The molecule has 8 nitrogen and oxygen atoms in total. The molecule has 0 saturated carbocycles. The Morgan fingerprint density at radius 2 is 2.24 bits per heavy atom. The fourth-order valence-corrected chi connectivity index (χ4v) is 3.27. The monoisotopic (exact) mass is 376 g/mol. The number of nitrogens with one attached hydrogen (secondary N) is 1. The lowest BCUT2D eigenvalue weighted by molar-refractivity contribution is -0.205. The van der Waals surface area contributed by atoms with Crippen LogP contribution in [0.5, 0.6) is 0 Å². The highest BCUT2D eigenvalue weighted by Crippen LogP contribution is 2.35. The molecule has 0 radical (unpaired) electrons. The van der Waals surface area contributed by atoms with Gasteiger partial charge in [0, 0.05) is 27.8 Å². The first-order valence-corrected chi connectivity index (χ1v) is 8.68. The average molecular weight is 376 g/mol. The highest BCUT2D eigenvalue weighted by molar-refractivity contribution is 7.09. The van der Waals surface area contributed by atoms with Crippen LogP contribution in [-0.4, -0.2) is 47.4 Å². The van der Waals surface area contributed by atoms with E-state index < -0.39 is 42.1 Å². The number of hydrogen-bond donors (Lipinski definition) is 1. The number of aromatic nitrogens is 2. The summed E-state index contributed by atoms with van der Waals surface area (Å²) >= 11 is 0. The molecule has 2 aliphatic rings. The zero-order chi connectivity index (χ0) is 18.0. The topological polar surface area (TPSA) is 91.8 Å². The Labute approximate surface area is 145 Å². The van der Waals surface area contributed by atoms with Crippen LogP contribution in [0.3, 0.4) is 0 Å². The summed E-state index contributed by atoms with van der Waals surface area (Å²) in [4.78, 5) is 25.7. The number of halogens is 1. The Balaban J connectivity index is 1.83. The number of rotatable bonds is 5. The van der Waals surface area contributed by atoms with Crippen molar-refractivity contribution in [2.75, 3.05) is 13.2 Å². The van der Waals surface area contributed by atoms with Crippen LogP contribution in [0.25, 0.3) is 0 Å². The molecule has 1 N–H and O–H groups in total. The average Bonchev–Trinajstić information content (AvgIpc) is 2.89. The molecule has 3 heterocycles. The summed E-state index contributed by atoms with van der Waals surface area (Å²) in [6.45, 7) is 2.18. The Bertz CT molecular complexity index is 704. The van der Waals surface area contributed by atoms with Gasteiger partial charge in [0.25, 0.3) is 5.56 Å². The molecular weight excluding hydrogens is 354 g/mol. The molecule has 0 aromatic carbocycles. The molecule has 0 spiro atoms. The lowest BCUT2D eigenvalue weighted by Gasteiger charge is -2.28. The van der Waals surface area contributed by atoms with E-state index in [2.05, 4.69) is 14.5 Å². The van der Waals surface area contributed by atoms with E-state index in [1.165, 1.54) is 13.1 Å². The number of H-pyrrole nitrogens is 1. The first-order chi connectivity index (χ1) is 12.0. The molecule has 6 atom stereocenters. The molecule has 3 rings (SSSR count). The van der Waals surface area contributed by atoms with Gasteiger partial charge in [0.05, 0.1) is 6.61 Å². The van der Waals surface area contributed by atoms with E-state index in [-0.39, 0.29) is 12.2 Å². The molecular formula is C15H22FN2O6P. The summed E-state index contributed by atoms with van der Waals surface area (Å²) in [5, 5.41) is 0. The molecule has 1 aromatic rings. The van der Waals surface area contributed by atoms with Crippen molar-refractivity contribution in [1.82, 2.24) is 9.55 Å². The molecule has 0 amide bonds. The van der Waals surface area contributed by atoms with Crippen molar-refractivity contribution in [3.8, 4) is 0 Å². The van der Waals surface area contributed by atoms with Gasteiger partial charge in [-0.3, -0.25) is 14.3 Å². The fourth-order valence-electron chi connectivity index (χ4n) is 3.08. The molecule has 0 aliphatic carbocycles. The minimum atomic E-state index is -1.61. The van der Waals surface area contributed by atoms with Gasteiger partial charge in [0.1, 0.15) is 12.2 Å². The molecule has 2 aliphatic heterocycles. The number of hydrogen-bond acceptors (Lipinski definition) is 6. The standard InChI is InChI=1S/C15H22FN2O6P/c1-8-6-18(15(20)17-13(8)19)14-11(16)12(9(23-14)7-22-25)24-10-4-2-3-5-21-10/h6,9-12,14H,2-5,7,25H2,1H3,(H,17,19,20). The molecule has 10 heteroatoms. The zero-order valence-electron chi connectivity index (χ0n) is 13.9. The van der Waals surface area contributed by atoms with Crippen LogP contribution in [-0.2, 0) is 18.7 Å². The lowest BCUT2D eigenvalue weighted by Crippen LogP contribution is -2.40. The lowest BCUT2D eigenvalue weighted by atomic mass is 10.1. The summed E-state index contributed by atoms with van der Waals surface area (Å²) in [5.74, 6) is 0. The second-order valence-corrected chi connectivity index (χ2v) is 6.55. The van der Waals surface area contributed by atoms with Gasteiger partial charge in [0.2, 0.25) is 0 Å². The summed E-state index contributed by atoms with van der Waals surface area (Å²) in [5.41, 5.74) is -0.958. The maximum atomic E-state index is 15.1. The molecule has 0 bridgehead atoms. The third-order valence-corrected chi connectivity index (χ3v) is 4.59. The van der Waals surface area contributed by atoms with Crippen LogP contribution >= 0.6 is 9.47 Å². The fraction of sp³-hybridized carbons (Fsp3) is 0.733. The molecule has 25 heavy (non-hydrogen) atoms. The van der Waals surface area contributed by atoms with Crippen molar-refractivity contribution in [2.24, 2.45) is 0 Å². The molecule has 140 valence electrons. The minimum absolute atomic E-state index is 0.0794. The first kappa shape index (κ1) is 18.7. The summed E-state index contributed by atoms with van der Waals surface area (Å²) in [6, 6.07) is 0. The third-order valence-electron chi connectivity index (χ3n) is 4.39. The minimum Gasteiger partial charge on any atom is -0.363 e. The van der Waals surface area contributed by atoms with Crippen molar-refractivity contribution < 1.29 is 23.1 Å². The van der Waals surface area contributed by atoms with E-state index in [1.807, 2.05) is 0 Å². The predicted molar refractivity (Wildman–Crippen MR) is 89.0 cm³/mol. The van der Waals surface area contributed by atoms with Crippen LogP contribution in [0.2, 0.25) is 0 Å². The van der Waals surface area contributed by atoms with Gasteiger partial charge in [-0.05, 0) is 26.2 Å². The Morgan fingerprint density at radius 3 is 2.92 bits per heavy atom. The smallest absolute Gasteiger partial charge is 0.330 e. The maximum Gasteiger partial charge on any atom is 0.330 e. The highest BCUT2D eigenvalue weighted by atomic mass is 31.0. The SMILES string of the molecule is Cc1cn(C2OC(COP)C(OC3CCCCO3)C2F)c(=O)[nH]c1=O. The second-order valence-electron chi connectivity index (χ2n) is 6.22. The van der Waals surface area contributed by atoms with E-state index in [0.717, 1.165) is 17.4 Å².